The van der Waals surface area contributed by atoms with Crippen molar-refractivity contribution in [1.82, 2.24) is 0 Å². The molecule has 0 aliphatic carbocycles. The van der Waals surface area contributed by atoms with Gasteiger partial charge in [0.2, 0.25) is 0 Å². The van der Waals surface area contributed by atoms with E-state index in [4.69, 9.17) is 4.74 Å². The Bertz CT molecular complexity index is 229. The molecule has 0 aliphatic heterocycles. The van der Waals surface area contributed by atoms with Crippen LogP contribution in [0.5, 0.6) is 0 Å². The molecule has 0 aliphatic rings. The maximum absolute atomic E-state index is 10.8. The van der Waals surface area contributed by atoms with Crippen LogP contribution in [0.1, 0.15) is 18.2 Å². The zero-order valence-corrected chi connectivity index (χ0v) is 7.89. The van der Waals surface area contributed by atoms with Crippen molar-refractivity contribution < 1.29 is 9.53 Å². The van der Waals surface area contributed by atoms with Crippen molar-refractivity contribution in [3.63, 3.8) is 0 Å². The topological polar surface area (TPSA) is 26.3 Å². The van der Waals surface area contributed by atoms with Gasteiger partial charge < -0.3 is 4.74 Å². The summed E-state index contributed by atoms with van der Waals surface area (Å²) in [5.41, 5.74) is 0. The van der Waals surface area contributed by atoms with E-state index in [0.717, 1.165) is 0 Å². The summed E-state index contributed by atoms with van der Waals surface area (Å²) in [5.74, 6) is 0.159. The zero-order valence-electron chi connectivity index (χ0n) is 7.08. The number of Topliss-reactive ketones (excluding diaryl/α,β-unsaturated/α-hetero) is 1. The first-order valence-electron chi connectivity index (χ1n) is 3.94. The van der Waals surface area contributed by atoms with Gasteiger partial charge in [-0.1, -0.05) is 13.0 Å². The summed E-state index contributed by atoms with van der Waals surface area (Å²) in [6.07, 6.45) is 0.560. The van der Waals surface area contributed by atoms with E-state index in [1.54, 1.807) is 11.3 Å². The molecule has 0 saturated carbocycles. The normalized spacial score (nSPS) is 10.1. The standard InChI is InChI=1S/C9H12O2S/c1-2-8(10)6-11-7-9-4-3-5-12-9/h3-5H,2,6-7H2,1H3. The predicted molar refractivity (Wildman–Crippen MR) is 49.3 cm³/mol. The average molecular weight is 184 g/mol. The molecule has 0 aromatic carbocycles. The smallest absolute Gasteiger partial charge is 0.158 e. The number of carbonyl (C=O) groups excluding carboxylic acids is 1. The van der Waals surface area contributed by atoms with Gasteiger partial charge in [-0.15, -0.1) is 11.3 Å². The third-order valence-corrected chi connectivity index (χ3v) is 2.33. The molecular weight excluding hydrogens is 172 g/mol. The molecule has 66 valence electrons. The Labute approximate surface area is 76.2 Å². The van der Waals surface area contributed by atoms with E-state index in [1.807, 2.05) is 24.4 Å². The fourth-order valence-corrected chi connectivity index (χ4v) is 1.40. The third-order valence-electron chi connectivity index (χ3n) is 1.48. The van der Waals surface area contributed by atoms with Crippen LogP contribution in [0.15, 0.2) is 17.5 Å². The fourth-order valence-electron chi connectivity index (χ4n) is 0.762. The zero-order chi connectivity index (χ0) is 8.81. The SMILES string of the molecule is CCC(=O)COCc1cccs1. The molecule has 0 spiro atoms. The Morgan fingerprint density at radius 1 is 1.67 bits per heavy atom. The van der Waals surface area contributed by atoms with Crippen LogP contribution in [0.2, 0.25) is 0 Å². The Balaban J connectivity index is 2.15. The number of ketones is 1. The lowest BCUT2D eigenvalue weighted by molar-refractivity contribution is -0.123. The van der Waals surface area contributed by atoms with Crippen LogP contribution in [-0.2, 0) is 16.1 Å². The van der Waals surface area contributed by atoms with Crippen LogP contribution in [0, 0.1) is 0 Å². The third kappa shape index (κ3) is 3.15. The second-order valence-corrected chi connectivity index (χ2v) is 3.50. The molecule has 0 saturated heterocycles. The Hall–Kier alpha value is -0.670. The molecule has 3 heteroatoms. The van der Waals surface area contributed by atoms with Crippen molar-refractivity contribution in [2.45, 2.75) is 20.0 Å². The Morgan fingerprint density at radius 3 is 3.08 bits per heavy atom. The van der Waals surface area contributed by atoms with Gasteiger partial charge in [0.25, 0.3) is 0 Å². The molecule has 1 aromatic heterocycles. The molecule has 0 amide bonds. The van der Waals surface area contributed by atoms with Gasteiger partial charge in [0.15, 0.2) is 5.78 Å². The van der Waals surface area contributed by atoms with Crippen molar-refractivity contribution in [1.29, 1.82) is 0 Å². The quantitative estimate of drug-likeness (QED) is 0.701. The number of hydrogen-bond donors (Lipinski definition) is 0. The molecule has 1 rings (SSSR count). The number of thiophene rings is 1. The summed E-state index contributed by atoms with van der Waals surface area (Å²) in [4.78, 5) is 12.0. The number of hydrogen-bond acceptors (Lipinski definition) is 3. The van der Waals surface area contributed by atoms with E-state index in [0.29, 0.717) is 13.0 Å². The minimum atomic E-state index is 0.159. The average Bonchev–Trinajstić information content (AvgIpc) is 2.57. The van der Waals surface area contributed by atoms with E-state index < -0.39 is 0 Å². The lowest BCUT2D eigenvalue weighted by Crippen LogP contribution is -2.06. The molecular formula is C9H12O2S. The first-order chi connectivity index (χ1) is 5.83. The molecule has 1 heterocycles. The van der Waals surface area contributed by atoms with Crippen LogP contribution >= 0.6 is 11.3 Å². The minimum absolute atomic E-state index is 0.159. The maximum atomic E-state index is 10.8. The molecule has 12 heavy (non-hydrogen) atoms. The molecule has 0 unspecified atom stereocenters. The van der Waals surface area contributed by atoms with Crippen molar-refractivity contribution in [3.05, 3.63) is 22.4 Å². The summed E-state index contributed by atoms with van der Waals surface area (Å²) in [7, 11) is 0. The summed E-state index contributed by atoms with van der Waals surface area (Å²) >= 11 is 1.65. The van der Waals surface area contributed by atoms with Crippen LogP contribution in [0.4, 0.5) is 0 Å². The highest BCUT2D eigenvalue weighted by Gasteiger charge is 1.98. The van der Waals surface area contributed by atoms with E-state index in [-0.39, 0.29) is 12.4 Å². The molecule has 0 atom stereocenters. The summed E-state index contributed by atoms with van der Waals surface area (Å²) in [6, 6.07) is 3.98. The first-order valence-corrected chi connectivity index (χ1v) is 4.82. The summed E-state index contributed by atoms with van der Waals surface area (Å²) in [5, 5.41) is 2.00. The highest BCUT2D eigenvalue weighted by molar-refractivity contribution is 7.09. The van der Waals surface area contributed by atoms with Crippen molar-refractivity contribution >= 4 is 17.1 Å². The number of ether oxygens (including phenoxy) is 1. The summed E-state index contributed by atoms with van der Waals surface area (Å²) in [6.45, 7) is 2.65. The van der Waals surface area contributed by atoms with Crippen molar-refractivity contribution in [2.75, 3.05) is 6.61 Å². The number of carbonyl (C=O) groups is 1. The molecule has 0 fully saturated rings. The monoisotopic (exact) mass is 184 g/mol. The van der Waals surface area contributed by atoms with E-state index in [9.17, 15) is 4.79 Å². The highest BCUT2D eigenvalue weighted by atomic mass is 32.1. The van der Waals surface area contributed by atoms with E-state index >= 15 is 0 Å². The van der Waals surface area contributed by atoms with Gasteiger partial charge in [0.1, 0.15) is 6.61 Å². The van der Waals surface area contributed by atoms with Gasteiger partial charge in [-0.05, 0) is 11.4 Å². The van der Waals surface area contributed by atoms with Crippen LogP contribution in [0.25, 0.3) is 0 Å². The van der Waals surface area contributed by atoms with E-state index in [2.05, 4.69) is 0 Å². The lowest BCUT2D eigenvalue weighted by atomic mass is 10.3. The number of rotatable bonds is 5. The fraction of sp³-hybridized carbons (Fsp3) is 0.444. The van der Waals surface area contributed by atoms with Gasteiger partial charge in [-0.25, -0.2) is 0 Å². The van der Waals surface area contributed by atoms with Crippen LogP contribution in [-0.4, -0.2) is 12.4 Å². The van der Waals surface area contributed by atoms with Gasteiger partial charge >= 0.3 is 0 Å². The molecule has 0 radical (unpaired) electrons. The molecule has 0 bridgehead atoms. The largest absolute Gasteiger partial charge is 0.368 e. The van der Waals surface area contributed by atoms with Gasteiger partial charge in [-0.3, -0.25) is 4.79 Å². The molecule has 2 nitrogen and oxygen atoms in total. The molecule has 0 N–H and O–H groups in total. The Morgan fingerprint density at radius 2 is 2.50 bits per heavy atom. The predicted octanol–water partition coefficient (Wildman–Crippen LogP) is 2.24. The second-order valence-electron chi connectivity index (χ2n) is 2.46. The van der Waals surface area contributed by atoms with Crippen molar-refractivity contribution in [3.8, 4) is 0 Å². The van der Waals surface area contributed by atoms with Crippen LogP contribution < -0.4 is 0 Å². The maximum Gasteiger partial charge on any atom is 0.158 e. The lowest BCUT2D eigenvalue weighted by Gasteiger charge is -1.98. The van der Waals surface area contributed by atoms with E-state index in [1.165, 1.54) is 4.88 Å². The summed E-state index contributed by atoms with van der Waals surface area (Å²) < 4.78 is 5.19. The second kappa shape index (κ2) is 5.06. The highest BCUT2D eigenvalue weighted by Crippen LogP contribution is 2.09. The van der Waals surface area contributed by atoms with Crippen LogP contribution in [0.3, 0.4) is 0 Å². The van der Waals surface area contributed by atoms with Gasteiger partial charge in [-0.2, -0.15) is 0 Å². The van der Waals surface area contributed by atoms with Gasteiger partial charge in [0.05, 0.1) is 6.61 Å². The first kappa shape index (κ1) is 9.42. The molecule has 1 aromatic rings. The van der Waals surface area contributed by atoms with Crippen molar-refractivity contribution in [2.24, 2.45) is 0 Å². The van der Waals surface area contributed by atoms with Gasteiger partial charge in [0, 0.05) is 11.3 Å². The minimum Gasteiger partial charge on any atom is -0.368 e. The Kier molecular flexibility index (Phi) is 3.97.